The van der Waals surface area contributed by atoms with Gasteiger partial charge in [-0.05, 0) is 59.1 Å². The van der Waals surface area contributed by atoms with Crippen LogP contribution in [-0.2, 0) is 4.79 Å². The summed E-state index contributed by atoms with van der Waals surface area (Å²) in [6, 6.07) is 8.77. The van der Waals surface area contributed by atoms with Crippen molar-refractivity contribution in [2.45, 2.75) is 19.9 Å². The Labute approximate surface area is 208 Å². The van der Waals surface area contributed by atoms with Crippen LogP contribution in [0.3, 0.4) is 0 Å². The van der Waals surface area contributed by atoms with Crippen LogP contribution in [0.15, 0.2) is 36.5 Å². The van der Waals surface area contributed by atoms with Gasteiger partial charge in [0.05, 0.1) is 39.0 Å². The minimum atomic E-state index is -0.562. The second-order valence-corrected chi connectivity index (χ2v) is 8.74. The van der Waals surface area contributed by atoms with Gasteiger partial charge >= 0.3 is 0 Å². The third kappa shape index (κ3) is 5.22. The lowest BCUT2D eigenvalue weighted by Crippen LogP contribution is -2.40. The molecule has 0 aliphatic rings. The number of nitrogens with one attached hydrogen (secondary N) is 2. The number of carbonyl (C=O) groups excluding carboxylic acids is 1. The second kappa shape index (κ2) is 11.4. The van der Waals surface area contributed by atoms with Gasteiger partial charge in [-0.2, -0.15) is 4.37 Å². The minimum Gasteiger partial charge on any atom is -0.495 e. The molecule has 1 heterocycles. The maximum atomic E-state index is 12.8. The quantitative estimate of drug-likeness (QED) is 0.365. The van der Waals surface area contributed by atoms with Gasteiger partial charge in [0, 0.05) is 17.3 Å². The molecular weight excluding hydrogens is 478 g/mol. The van der Waals surface area contributed by atoms with E-state index in [0.717, 1.165) is 21.6 Å². The minimum absolute atomic E-state index is 0.000568. The van der Waals surface area contributed by atoms with Crippen molar-refractivity contribution in [3.05, 3.63) is 36.5 Å². The molecule has 34 heavy (non-hydrogen) atoms. The van der Waals surface area contributed by atoms with Crippen molar-refractivity contribution in [3.63, 3.8) is 0 Å². The Bertz CT molecular complexity index is 1130. The molecule has 182 valence electrons. The van der Waals surface area contributed by atoms with Crippen LogP contribution in [0.5, 0.6) is 23.0 Å². The van der Waals surface area contributed by atoms with E-state index in [4.69, 9.17) is 30.7 Å². The van der Waals surface area contributed by atoms with Crippen LogP contribution in [-0.4, -0.2) is 44.8 Å². The molecule has 1 amide bonds. The van der Waals surface area contributed by atoms with Gasteiger partial charge in [0.1, 0.15) is 11.8 Å². The number of carbonyl (C=O) groups is 1. The molecular formula is C24H28ClN3O5S. The van der Waals surface area contributed by atoms with E-state index >= 15 is 0 Å². The first-order chi connectivity index (χ1) is 16.4. The lowest BCUT2D eigenvalue weighted by atomic mass is 10.0. The monoisotopic (exact) mass is 505 g/mol. The van der Waals surface area contributed by atoms with Gasteiger partial charge in [-0.25, -0.2) is 4.84 Å². The van der Waals surface area contributed by atoms with Gasteiger partial charge in [-0.15, -0.1) is 0 Å². The number of nitrogens with zero attached hydrogens (tertiary/aromatic N) is 1. The van der Waals surface area contributed by atoms with Crippen LogP contribution < -0.4 is 29.1 Å². The topological polar surface area (TPSA) is 90.9 Å². The predicted octanol–water partition coefficient (Wildman–Crippen LogP) is 5.22. The normalized spacial score (nSPS) is 11.8. The first kappa shape index (κ1) is 25.6. The van der Waals surface area contributed by atoms with Crippen molar-refractivity contribution < 1.29 is 23.7 Å². The molecule has 0 bridgehead atoms. The summed E-state index contributed by atoms with van der Waals surface area (Å²) >= 11 is 7.13. The molecule has 0 radical (unpaired) electrons. The van der Waals surface area contributed by atoms with Crippen molar-refractivity contribution in [1.29, 1.82) is 0 Å². The van der Waals surface area contributed by atoms with E-state index in [1.807, 2.05) is 38.1 Å². The van der Waals surface area contributed by atoms with E-state index < -0.39 is 6.04 Å². The molecule has 0 spiro atoms. The lowest BCUT2D eigenvalue weighted by molar-refractivity contribution is -0.118. The Morgan fingerprint density at radius 1 is 0.941 bits per heavy atom. The molecule has 0 aliphatic carbocycles. The molecule has 8 nitrogen and oxygen atoms in total. The molecule has 3 aromatic rings. The largest absolute Gasteiger partial charge is 0.495 e. The zero-order valence-corrected chi connectivity index (χ0v) is 21.5. The molecule has 3 rings (SSSR count). The van der Waals surface area contributed by atoms with E-state index in [2.05, 4.69) is 14.5 Å². The molecule has 2 aromatic carbocycles. The predicted molar refractivity (Wildman–Crippen MR) is 135 cm³/mol. The maximum absolute atomic E-state index is 12.8. The second-order valence-electron chi connectivity index (χ2n) is 7.72. The zero-order chi connectivity index (χ0) is 24.8. The highest BCUT2D eigenvalue weighted by atomic mass is 35.5. The Kier molecular flexibility index (Phi) is 8.60. The Balaban J connectivity index is 2.05. The summed E-state index contributed by atoms with van der Waals surface area (Å²) in [7, 11) is 6.27. The number of ether oxygens (including phenoxy) is 4. The maximum Gasteiger partial charge on any atom is 0.243 e. The Morgan fingerprint density at radius 2 is 1.59 bits per heavy atom. The van der Waals surface area contributed by atoms with E-state index in [0.29, 0.717) is 28.7 Å². The van der Waals surface area contributed by atoms with Crippen molar-refractivity contribution >= 4 is 34.9 Å². The molecule has 0 fully saturated rings. The third-order valence-electron chi connectivity index (χ3n) is 5.33. The molecule has 0 unspecified atom stereocenters. The van der Waals surface area contributed by atoms with Crippen molar-refractivity contribution in [2.24, 2.45) is 5.92 Å². The fraction of sp³-hybridized carbons (Fsp3) is 0.333. The molecule has 0 aliphatic heterocycles. The number of benzene rings is 2. The van der Waals surface area contributed by atoms with E-state index in [1.54, 1.807) is 40.7 Å². The van der Waals surface area contributed by atoms with Crippen LogP contribution in [0.25, 0.3) is 21.6 Å². The number of hydrogen-bond donors (Lipinski definition) is 2. The van der Waals surface area contributed by atoms with Crippen LogP contribution in [0, 0.1) is 5.92 Å². The molecule has 1 aromatic heterocycles. The van der Waals surface area contributed by atoms with Crippen LogP contribution in [0.1, 0.15) is 13.8 Å². The first-order valence-corrected chi connectivity index (χ1v) is 11.6. The van der Waals surface area contributed by atoms with Crippen LogP contribution in [0.2, 0.25) is 0 Å². The molecule has 1 atom stereocenters. The van der Waals surface area contributed by atoms with Gasteiger partial charge in [-0.3, -0.25) is 4.79 Å². The zero-order valence-electron chi connectivity index (χ0n) is 19.9. The summed E-state index contributed by atoms with van der Waals surface area (Å²) in [5, 5.41) is 2.92. The fourth-order valence-corrected chi connectivity index (χ4v) is 4.63. The average molecular weight is 506 g/mol. The molecule has 10 heteroatoms. The molecule has 2 N–H and O–H groups in total. The Hall–Kier alpha value is -3.01. The highest BCUT2D eigenvalue weighted by Crippen LogP contribution is 2.45. The number of methoxy groups -OCH3 is 4. The number of amides is 1. The first-order valence-electron chi connectivity index (χ1n) is 10.5. The Morgan fingerprint density at radius 3 is 2.12 bits per heavy atom. The van der Waals surface area contributed by atoms with Gasteiger partial charge < -0.3 is 24.3 Å². The standard InChI is InChI=1S/C24H28ClN3O5S/c1-13(2)21(28-25)24(29)27-17-9-14(7-8-18(17)30-3)16-12-26-34-23(16)15-10-19(31-4)22(33-6)20(11-15)32-5/h7-13,21,28H,1-6H3,(H,27,29)/t21-/m0/s1. The highest BCUT2D eigenvalue weighted by molar-refractivity contribution is 7.10. The summed E-state index contributed by atoms with van der Waals surface area (Å²) in [5.74, 6) is 1.89. The SMILES string of the molecule is COc1ccc(-c2cnsc2-c2cc(OC)c(OC)c(OC)c2)cc1NC(=O)[C@@H](NCl)C(C)C. The number of anilines is 1. The van der Waals surface area contributed by atoms with Crippen molar-refractivity contribution in [2.75, 3.05) is 33.8 Å². The van der Waals surface area contributed by atoms with Gasteiger partial charge in [0.2, 0.25) is 11.7 Å². The van der Waals surface area contributed by atoms with E-state index in [1.165, 1.54) is 11.5 Å². The van der Waals surface area contributed by atoms with E-state index in [-0.39, 0.29) is 11.8 Å². The lowest BCUT2D eigenvalue weighted by Gasteiger charge is -2.19. The van der Waals surface area contributed by atoms with Crippen LogP contribution in [0.4, 0.5) is 5.69 Å². The van der Waals surface area contributed by atoms with E-state index in [9.17, 15) is 4.79 Å². The third-order valence-corrected chi connectivity index (χ3v) is 6.42. The van der Waals surface area contributed by atoms with Crippen LogP contribution >= 0.6 is 23.3 Å². The number of hydrogen-bond acceptors (Lipinski definition) is 8. The van der Waals surface area contributed by atoms with Crippen molar-refractivity contribution in [3.8, 4) is 44.6 Å². The molecule has 0 saturated carbocycles. The average Bonchev–Trinajstić information content (AvgIpc) is 3.33. The fourth-order valence-electron chi connectivity index (χ4n) is 3.53. The summed E-state index contributed by atoms with van der Waals surface area (Å²) in [4.78, 5) is 16.2. The summed E-state index contributed by atoms with van der Waals surface area (Å²) in [6.07, 6.45) is 1.79. The van der Waals surface area contributed by atoms with Crippen molar-refractivity contribution in [1.82, 2.24) is 9.21 Å². The number of halogens is 1. The summed E-state index contributed by atoms with van der Waals surface area (Å²) in [5.41, 5.74) is 3.13. The summed E-state index contributed by atoms with van der Waals surface area (Å²) in [6.45, 7) is 3.82. The summed E-state index contributed by atoms with van der Waals surface area (Å²) < 4.78 is 26.3. The van der Waals surface area contributed by atoms with Gasteiger partial charge in [0.15, 0.2) is 11.5 Å². The van der Waals surface area contributed by atoms with Gasteiger partial charge in [0.25, 0.3) is 0 Å². The number of rotatable bonds is 10. The molecule has 0 saturated heterocycles. The van der Waals surface area contributed by atoms with Gasteiger partial charge in [-0.1, -0.05) is 19.9 Å². The smallest absolute Gasteiger partial charge is 0.243 e. The highest BCUT2D eigenvalue weighted by Gasteiger charge is 2.23. The number of aromatic nitrogens is 1.